The molecule has 3 nitrogen and oxygen atoms in total. The standard InChI is InChI=1S/C21H25NO2S/c1-16-6-8-17(9-7-16)15-24-19-11-10-18(14-20(19)23-2)21(25)22-12-4-3-5-13-22/h6-11,14H,3-5,12-13,15H2,1-2H3. The van der Waals surface area contributed by atoms with Crippen LogP contribution >= 0.6 is 12.2 Å². The predicted molar refractivity (Wildman–Crippen MR) is 106 cm³/mol. The minimum atomic E-state index is 0.520. The Morgan fingerprint density at radius 3 is 2.40 bits per heavy atom. The highest BCUT2D eigenvalue weighted by Crippen LogP contribution is 2.30. The molecule has 0 aliphatic carbocycles. The number of nitrogens with zero attached hydrogens (tertiary/aromatic N) is 1. The zero-order valence-electron chi connectivity index (χ0n) is 15.0. The molecule has 1 aliphatic rings. The number of hydrogen-bond donors (Lipinski definition) is 0. The van der Waals surface area contributed by atoms with Crippen LogP contribution in [-0.2, 0) is 6.61 Å². The Bertz CT molecular complexity index is 721. The average molecular weight is 356 g/mol. The molecule has 3 rings (SSSR count). The molecule has 1 saturated heterocycles. The van der Waals surface area contributed by atoms with E-state index < -0.39 is 0 Å². The van der Waals surface area contributed by atoms with Crippen LogP contribution < -0.4 is 9.47 Å². The first kappa shape index (κ1) is 17.7. The maximum atomic E-state index is 5.95. The number of methoxy groups -OCH3 is 1. The number of likely N-dealkylation sites (tertiary alicyclic amines) is 1. The molecule has 0 aromatic heterocycles. The van der Waals surface area contributed by atoms with Crippen LogP contribution in [0.1, 0.15) is 36.0 Å². The van der Waals surface area contributed by atoms with Crippen LogP contribution in [0.5, 0.6) is 11.5 Å². The maximum absolute atomic E-state index is 5.95. The van der Waals surface area contributed by atoms with Gasteiger partial charge in [-0.05, 0) is 49.9 Å². The van der Waals surface area contributed by atoms with Crippen molar-refractivity contribution in [3.8, 4) is 11.5 Å². The third-order valence-electron chi connectivity index (χ3n) is 4.57. The molecule has 2 aromatic carbocycles. The van der Waals surface area contributed by atoms with Crippen LogP contribution in [0.3, 0.4) is 0 Å². The van der Waals surface area contributed by atoms with Crippen molar-refractivity contribution < 1.29 is 9.47 Å². The fourth-order valence-electron chi connectivity index (χ4n) is 3.04. The molecule has 132 valence electrons. The summed E-state index contributed by atoms with van der Waals surface area (Å²) in [7, 11) is 1.67. The summed E-state index contributed by atoms with van der Waals surface area (Å²) in [6, 6.07) is 14.3. The summed E-state index contributed by atoms with van der Waals surface area (Å²) in [5.74, 6) is 1.47. The van der Waals surface area contributed by atoms with Gasteiger partial charge in [-0.25, -0.2) is 0 Å². The largest absolute Gasteiger partial charge is 0.493 e. The molecular formula is C21H25NO2S. The summed E-state index contributed by atoms with van der Waals surface area (Å²) in [6.45, 7) is 4.70. The van der Waals surface area contributed by atoms with Gasteiger partial charge in [0.25, 0.3) is 0 Å². The number of thiocarbonyl (C=S) groups is 1. The van der Waals surface area contributed by atoms with Crippen molar-refractivity contribution in [2.45, 2.75) is 32.8 Å². The van der Waals surface area contributed by atoms with E-state index in [1.165, 1.54) is 24.8 Å². The molecule has 4 heteroatoms. The van der Waals surface area contributed by atoms with E-state index in [9.17, 15) is 0 Å². The minimum absolute atomic E-state index is 0.520. The molecule has 0 saturated carbocycles. The Morgan fingerprint density at radius 2 is 1.72 bits per heavy atom. The van der Waals surface area contributed by atoms with Crippen molar-refractivity contribution in [2.75, 3.05) is 20.2 Å². The summed E-state index contributed by atoms with van der Waals surface area (Å²) >= 11 is 5.67. The minimum Gasteiger partial charge on any atom is -0.493 e. The molecule has 0 radical (unpaired) electrons. The Kier molecular flexibility index (Phi) is 5.92. The van der Waals surface area contributed by atoms with Crippen molar-refractivity contribution in [1.29, 1.82) is 0 Å². The van der Waals surface area contributed by atoms with Gasteiger partial charge in [0.2, 0.25) is 0 Å². The molecule has 0 atom stereocenters. The topological polar surface area (TPSA) is 21.7 Å². The smallest absolute Gasteiger partial charge is 0.161 e. The highest BCUT2D eigenvalue weighted by molar-refractivity contribution is 7.80. The highest BCUT2D eigenvalue weighted by atomic mass is 32.1. The van der Waals surface area contributed by atoms with E-state index in [-0.39, 0.29) is 0 Å². The summed E-state index contributed by atoms with van der Waals surface area (Å²) < 4.78 is 11.5. The summed E-state index contributed by atoms with van der Waals surface area (Å²) in [4.78, 5) is 3.20. The molecule has 0 unspecified atom stereocenters. The van der Waals surface area contributed by atoms with E-state index in [0.717, 1.165) is 40.7 Å². The second kappa shape index (κ2) is 8.34. The first-order chi connectivity index (χ1) is 12.2. The quantitative estimate of drug-likeness (QED) is 0.722. The normalized spacial score (nSPS) is 14.2. The lowest BCUT2D eigenvalue weighted by Gasteiger charge is -2.29. The summed E-state index contributed by atoms with van der Waals surface area (Å²) in [5, 5.41) is 0. The van der Waals surface area contributed by atoms with Crippen LogP contribution in [0.25, 0.3) is 0 Å². The van der Waals surface area contributed by atoms with Crippen LogP contribution in [0.15, 0.2) is 42.5 Å². The lowest BCUT2D eigenvalue weighted by Crippen LogP contribution is -2.34. The molecule has 25 heavy (non-hydrogen) atoms. The first-order valence-corrected chi connectivity index (χ1v) is 9.24. The number of rotatable bonds is 5. The van der Waals surface area contributed by atoms with Gasteiger partial charge in [0.15, 0.2) is 11.5 Å². The summed E-state index contributed by atoms with van der Waals surface area (Å²) in [5.41, 5.74) is 3.41. The highest BCUT2D eigenvalue weighted by Gasteiger charge is 2.16. The van der Waals surface area contributed by atoms with Gasteiger partial charge < -0.3 is 14.4 Å². The van der Waals surface area contributed by atoms with E-state index in [2.05, 4.69) is 36.1 Å². The van der Waals surface area contributed by atoms with E-state index in [0.29, 0.717) is 6.61 Å². The van der Waals surface area contributed by atoms with Gasteiger partial charge >= 0.3 is 0 Å². The third kappa shape index (κ3) is 4.51. The molecule has 1 aliphatic heterocycles. The Labute approximate surface area is 155 Å². The number of hydrogen-bond acceptors (Lipinski definition) is 3. The van der Waals surface area contributed by atoms with Crippen LogP contribution in [0.4, 0.5) is 0 Å². The number of piperidine rings is 1. The molecular weight excluding hydrogens is 330 g/mol. The molecule has 0 bridgehead atoms. The van der Waals surface area contributed by atoms with Crippen LogP contribution in [0.2, 0.25) is 0 Å². The van der Waals surface area contributed by atoms with Crippen LogP contribution in [-0.4, -0.2) is 30.1 Å². The molecule has 0 N–H and O–H groups in total. The second-order valence-electron chi connectivity index (χ2n) is 6.49. The average Bonchev–Trinajstić information content (AvgIpc) is 2.67. The fourth-order valence-corrected chi connectivity index (χ4v) is 3.35. The Morgan fingerprint density at radius 1 is 1.00 bits per heavy atom. The zero-order chi connectivity index (χ0) is 17.6. The van der Waals surface area contributed by atoms with E-state index in [4.69, 9.17) is 21.7 Å². The third-order valence-corrected chi connectivity index (χ3v) is 5.06. The van der Waals surface area contributed by atoms with E-state index >= 15 is 0 Å². The second-order valence-corrected chi connectivity index (χ2v) is 6.88. The first-order valence-electron chi connectivity index (χ1n) is 8.83. The van der Waals surface area contributed by atoms with Gasteiger partial charge in [0.1, 0.15) is 11.6 Å². The fraction of sp³-hybridized carbons (Fsp3) is 0.381. The summed E-state index contributed by atoms with van der Waals surface area (Å²) in [6.07, 6.45) is 3.73. The number of benzene rings is 2. The Balaban J connectivity index is 1.70. The van der Waals surface area contributed by atoms with Crippen molar-refractivity contribution >= 4 is 17.2 Å². The number of aryl methyl sites for hydroxylation is 1. The van der Waals surface area contributed by atoms with Gasteiger partial charge in [0.05, 0.1) is 7.11 Å². The van der Waals surface area contributed by atoms with Gasteiger partial charge in [0, 0.05) is 18.7 Å². The SMILES string of the molecule is COc1cc(C(=S)N2CCCCC2)ccc1OCc1ccc(C)cc1. The van der Waals surface area contributed by atoms with Gasteiger partial charge in [-0.3, -0.25) is 0 Å². The molecule has 0 spiro atoms. The molecule has 1 heterocycles. The lowest BCUT2D eigenvalue weighted by atomic mass is 10.1. The maximum Gasteiger partial charge on any atom is 0.161 e. The number of ether oxygens (including phenoxy) is 2. The lowest BCUT2D eigenvalue weighted by molar-refractivity contribution is 0.284. The van der Waals surface area contributed by atoms with Crippen molar-refractivity contribution in [3.63, 3.8) is 0 Å². The molecule has 1 fully saturated rings. The monoisotopic (exact) mass is 355 g/mol. The Hall–Kier alpha value is -2.07. The van der Waals surface area contributed by atoms with Gasteiger partial charge in [-0.2, -0.15) is 0 Å². The van der Waals surface area contributed by atoms with Gasteiger partial charge in [-0.1, -0.05) is 42.0 Å². The van der Waals surface area contributed by atoms with E-state index in [1.54, 1.807) is 7.11 Å². The zero-order valence-corrected chi connectivity index (χ0v) is 15.8. The van der Waals surface area contributed by atoms with Crippen molar-refractivity contribution in [2.24, 2.45) is 0 Å². The van der Waals surface area contributed by atoms with E-state index in [1.807, 2.05) is 18.2 Å². The van der Waals surface area contributed by atoms with Crippen molar-refractivity contribution in [1.82, 2.24) is 4.90 Å². The van der Waals surface area contributed by atoms with Crippen LogP contribution in [0, 0.1) is 6.92 Å². The molecule has 2 aromatic rings. The molecule has 0 amide bonds. The predicted octanol–water partition coefficient (Wildman–Crippen LogP) is 4.74. The van der Waals surface area contributed by atoms with Gasteiger partial charge in [-0.15, -0.1) is 0 Å². The van der Waals surface area contributed by atoms with Crippen molar-refractivity contribution in [3.05, 3.63) is 59.2 Å².